The number of carbonyl (C=O) groups excluding carboxylic acids is 1. The third-order valence-electron chi connectivity index (χ3n) is 5.40. The van der Waals surface area contributed by atoms with Crippen LogP contribution in [0.4, 0.5) is 5.69 Å². The van der Waals surface area contributed by atoms with Gasteiger partial charge in [0.05, 0.1) is 19.3 Å². The van der Waals surface area contributed by atoms with Gasteiger partial charge in [0.15, 0.2) is 16.6 Å². The fourth-order valence-electron chi connectivity index (χ4n) is 4.24. The Morgan fingerprint density at radius 1 is 1.27 bits per heavy atom. The Hall–Kier alpha value is -2.51. The van der Waals surface area contributed by atoms with E-state index in [0.717, 1.165) is 5.56 Å². The highest BCUT2D eigenvalue weighted by Gasteiger charge is 2.60. The Balaban J connectivity index is 1.91. The van der Waals surface area contributed by atoms with E-state index in [1.807, 2.05) is 44.2 Å². The molecule has 3 atom stereocenters. The number of halogens is 1. The van der Waals surface area contributed by atoms with Gasteiger partial charge in [-0.05, 0) is 57.3 Å². The molecule has 2 bridgehead atoms. The fourth-order valence-corrected chi connectivity index (χ4v) is 4.83. The maximum absolute atomic E-state index is 13.1. The monoisotopic (exact) mass is 446 g/mol. The molecule has 2 aromatic rings. The maximum atomic E-state index is 13.1. The summed E-state index contributed by atoms with van der Waals surface area (Å²) in [4.78, 5) is 14.9. The fraction of sp³-hybridized carbons (Fsp3) is 0.364. The first-order valence-corrected chi connectivity index (χ1v) is 10.7. The second kappa shape index (κ2) is 7.96. The molecule has 0 saturated carbocycles. The van der Waals surface area contributed by atoms with Gasteiger partial charge in [-0.3, -0.25) is 9.69 Å². The molecular formula is C22H23ClN2O4S. The smallest absolute Gasteiger partial charge is 0.317 e. The summed E-state index contributed by atoms with van der Waals surface area (Å²) in [7, 11) is 0. The molecule has 0 radical (unpaired) electrons. The highest BCUT2D eigenvalue weighted by molar-refractivity contribution is 7.80. The third kappa shape index (κ3) is 3.26. The Kier molecular flexibility index (Phi) is 5.51. The summed E-state index contributed by atoms with van der Waals surface area (Å²) in [5.41, 5.74) is 0.376. The van der Waals surface area contributed by atoms with Crippen LogP contribution in [0.3, 0.4) is 0 Å². The molecule has 0 aliphatic carbocycles. The lowest BCUT2D eigenvalue weighted by Crippen LogP contribution is -2.71. The van der Waals surface area contributed by atoms with E-state index in [0.29, 0.717) is 33.9 Å². The van der Waals surface area contributed by atoms with Crippen LogP contribution < -0.4 is 19.7 Å². The number of fused-ring (bicyclic) bond motifs is 4. The average Bonchev–Trinajstić information content (AvgIpc) is 2.68. The topological polar surface area (TPSA) is 60.0 Å². The zero-order valence-electron chi connectivity index (χ0n) is 17.0. The van der Waals surface area contributed by atoms with E-state index in [1.54, 1.807) is 24.0 Å². The molecule has 0 unspecified atom stereocenters. The van der Waals surface area contributed by atoms with E-state index in [2.05, 4.69) is 5.32 Å². The largest absolute Gasteiger partial charge is 0.490 e. The SMILES string of the molecule is CCOC(=O)[C@H]1[C@@H]2NC(=S)N(c3cccc(Cl)c3)[C@@]1(C)Oc1c(OCC)cccc12. The van der Waals surface area contributed by atoms with E-state index < -0.39 is 17.7 Å². The summed E-state index contributed by atoms with van der Waals surface area (Å²) in [6, 6.07) is 12.5. The zero-order valence-corrected chi connectivity index (χ0v) is 18.5. The molecule has 0 spiro atoms. The number of hydrogen-bond donors (Lipinski definition) is 1. The second-order valence-electron chi connectivity index (χ2n) is 7.24. The molecule has 0 amide bonds. The van der Waals surface area contributed by atoms with Gasteiger partial charge in [-0.25, -0.2) is 0 Å². The average molecular weight is 447 g/mol. The van der Waals surface area contributed by atoms with Crippen molar-refractivity contribution in [1.29, 1.82) is 0 Å². The van der Waals surface area contributed by atoms with Gasteiger partial charge < -0.3 is 19.5 Å². The van der Waals surface area contributed by atoms with Crippen molar-refractivity contribution in [3.8, 4) is 11.5 Å². The van der Waals surface area contributed by atoms with Gasteiger partial charge in [0.2, 0.25) is 5.72 Å². The number of benzene rings is 2. The molecule has 0 aromatic heterocycles. The minimum atomic E-state index is -1.15. The van der Waals surface area contributed by atoms with Crippen LogP contribution in [0, 0.1) is 5.92 Å². The van der Waals surface area contributed by atoms with E-state index in [-0.39, 0.29) is 12.6 Å². The van der Waals surface area contributed by atoms with Gasteiger partial charge in [0.1, 0.15) is 5.92 Å². The molecule has 4 rings (SSSR count). The van der Waals surface area contributed by atoms with E-state index in [9.17, 15) is 4.79 Å². The molecule has 1 N–H and O–H groups in total. The van der Waals surface area contributed by atoms with Gasteiger partial charge >= 0.3 is 5.97 Å². The Morgan fingerprint density at radius 2 is 2.03 bits per heavy atom. The molecule has 6 nitrogen and oxygen atoms in total. The Morgan fingerprint density at radius 3 is 2.73 bits per heavy atom. The molecule has 1 fully saturated rings. The lowest BCUT2D eigenvalue weighted by molar-refractivity contribution is -0.159. The standard InChI is InChI=1S/C22H23ClN2O4S/c1-4-27-16-11-7-10-15-18-17(20(26)28-5-2)22(3,29-19(15)16)25(21(30)24-18)14-9-6-8-13(23)12-14/h6-12,17-18H,4-5H2,1-3H3,(H,24,30)/t17-,18-,22+/m1/s1. The number of nitrogens with zero attached hydrogens (tertiary/aromatic N) is 1. The van der Waals surface area contributed by atoms with Crippen LogP contribution in [0.2, 0.25) is 5.02 Å². The summed E-state index contributed by atoms with van der Waals surface area (Å²) < 4.78 is 17.8. The molecular weight excluding hydrogens is 424 g/mol. The Bertz CT molecular complexity index is 1000. The van der Waals surface area contributed by atoms with Crippen molar-refractivity contribution in [3.63, 3.8) is 0 Å². The number of rotatable bonds is 5. The summed E-state index contributed by atoms with van der Waals surface area (Å²) in [6.07, 6.45) is 0. The van der Waals surface area contributed by atoms with Crippen LogP contribution in [-0.4, -0.2) is 30.0 Å². The Labute approximate surface area is 186 Å². The summed E-state index contributed by atoms with van der Waals surface area (Å²) in [6.45, 7) is 6.31. The van der Waals surface area contributed by atoms with Crippen molar-refractivity contribution in [2.45, 2.75) is 32.5 Å². The summed E-state index contributed by atoms with van der Waals surface area (Å²) >= 11 is 11.9. The normalized spacial score (nSPS) is 24.4. The molecule has 2 aromatic carbocycles. The molecule has 30 heavy (non-hydrogen) atoms. The minimum absolute atomic E-state index is 0.269. The van der Waals surface area contributed by atoms with Gasteiger partial charge in [0.25, 0.3) is 0 Å². The predicted octanol–water partition coefficient (Wildman–Crippen LogP) is 4.46. The van der Waals surface area contributed by atoms with Crippen molar-refractivity contribution in [3.05, 3.63) is 53.1 Å². The first-order valence-electron chi connectivity index (χ1n) is 9.88. The molecule has 1 saturated heterocycles. The van der Waals surface area contributed by atoms with Crippen LogP contribution in [0.5, 0.6) is 11.5 Å². The van der Waals surface area contributed by atoms with E-state index in [4.69, 9.17) is 38.0 Å². The van der Waals surface area contributed by atoms with Crippen molar-refractivity contribution < 1.29 is 19.0 Å². The van der Waals surface area contributed by atoms with Gasteiger partial charge in [-0.15, -0.1) is 0 Å². The van der Waals surface area contributed by atoms with Crippen LogP contribution >= 0.6 is 23.8 Å². The second-order valence-corrected chi connectivity index (χ2v) is 8.06. The van der Waals surface area contributed by atoms with E-state index in [1.165, 1.54) is 0 Å². The molecule has 158 valence electrons. The van der Waals surface area contributed by atoms with Gasteiger partial charge in [-0.2, -0.15) is 0 Å². The molecule has 2 aliphatic heterocycles. The zero-order chi connectivity index (χ0) is 21.5. The number of anilines is 1. The third-order valence-corrected chi connectivity index (χ3v) is 5.93. The first-order chi connectivity index (χ1) is 14.4. The van der Waals surface area contributed by atoms with E-state index >= 15 is 0 Å². The van der Waals surface area contributed by atoms with Crippen LogP contribution in [0.15, 0.2) is 42.5 Å². The maximum Gasteiger partial charge on any atom is 0.317 e. The van der Waals surface area contributed by atoms with Crippen LogP contribution in [0.25, 0.3) is 0 Å². The number of esters is 1. The molecule has 8 heteroatoms. The number of para-hydroxylation sites is 1. The number of thiocarbonyl (C=S) groups is 1. The summed E-state index contributed by atoms with van der Waals surface area (Å²) in [5, 5.41) is 4.33. The van der Waals surface area contributed by atoms with Gasteiger partial charge in [-0.1, -0.05) is 29.8 Å². The van der Waals surface area contributed by atoms with Crippen molar-refractivity contribution in [2.24, 2.45) is 5.92 Å². The number of ether oxygens (including phenoxy) is 3. The lowest BCUT2D eigenvalue weighted by atomic mass is 9.79. The highest BCUT2D eigenvalue weighted by Crippen LogP contribution is 2.52. The predicted molar refractivity (Wildman–Crippen MR) is 119 cm³/mol. The molecule has 2 heterocycles. The first kappa shape index (κ1) is 20.8. The molecule has 2 aliphatic rings. The number of carbonyl (C=O) groups is 1. The van der Waals surface area contributed by atoms with Crippen LogP contribution in [0.1, 0.15) is 32.4 Å². The number of hydrogen-bond acceptors (Lipinski definition) is 5. The van der Waals surface area contributed by atoms with Crippen molar-refractivity contribution in [2.75, 3.05) is 18.1 Å². The van der Waals surface area contributed by atoms with Crippen molar-refractivity contribution >= 4 is 40.6 Å². The highest BCUT2D eigenvalue weighted by atomic mass is 35.5. The quantitative estimate of drug-likeness (QED) is 0.537. The van der Waals surface area contributed by atoms with Crippen LogP contribution in [-0.2, 0) is 9.53 Å². The summed E-state index contributed by atoms with van der Waals surface area (Å²) in [5.74, 6) is 0.177. The van der Waals surface area contributed by atoms with Crippen molar-refractivity contribution in [1.82, 2.24) is 5.32 Å². The number of nitrogens with one attached hydrogen (secondary N) is 1. The minimum Gasteiger partial charge on any atom is -0.490 e. The lowest BCUT2D eigenvalue weighted by Gasteiger charge is -2.55. The van der Waals surface area contributed by atoms with Gasteiger partial charge in [0, 0.05) is 16.3 Å².